The van der Waals surface area contributed by atoms with E-state index >= 15 is 0 Å². The maximum Gasteiger partial charge on any atom is 0.122 e. The summed E-state index contributed by atoms with van der Waals surface area (Å²) >= 11 is 0. The van der Waals surface area contributed by atoms with E-state index in [9.17, 15) is 0 Å². The Morgan fingerprint density at radius 2 is 2.20 bits per heavy atom. The molecule has 0 bridgehead atoms. The molecule has 0 radical (unpaired) electrons. The van der Waals surface area contributed by atoms with Crippen molar-refractivity contribution in [3.8, 4) is 0 Å². The van der Waals surface area contributed by atoms with Crippen molar-refractivity contribution in [2.75, 3.05) is 5.73 Å². The molecule has 15 heavy (non-hydrogen) atoms. The van der Waals surface area contributed by atoms with Crippen molar-refractivity contribution in [1.82, 2.24) is 19.6 Å². The Bertz CT molecular complexity index is 468. The smallest absolute Gasteiger partial charge is 0.122 e. The number of rotatable bonds is 2. The third-order valence-electron chi connectivity index (χ3n) is 2.57. The lowest BCUT2D eigenvalue weighted by Gasteiger charge is -2.12. The molecule has 0 saturated heterocycles. The molecule has 2 rings (SSSR count). The maximum absolute atomic E-state index is 5.81. The molecular formula is C10H15N5. The SMILES string of the molecule is Cc1nn(C)cc1C(C)n1nccc1N. The molecule has 0 aliphatic heterocycles. The predicted molar refractivity (Wildman–Crippen MR) is 58.4 cm³/mol. The molecule has 0 spiro atoms. The van der Waals surface area contributed by atoms with Gasteiger partial charge in [0, 0.05) is 18.8 Å². The largest absolute Gasteiger partial charge is 0.384 e. The number of aryl methyl sites for hydroxylation is 2. The molecule has 0 amide bonds. The molecule has 5 nitrogen and oxygen atoms in total. The lowest BCUT2D eigenvalue weighted by Crippen LogP contribution is -2.11. The van der Waals surface area contributed by atoms with Crippen LogP contribution in [0, 0.1) is 6.92 Å². The minimum Gasteiger partial charge on any atom is -0.384 e. The van der Waals surface area contributed by atoms with E-state index in [0.29, 0.717) is 5.82 Å². The van der Waals surface area contributed by atoms with Crippen molar-refractivity contribution in [2.45, 2.75) is 19.9 Å². The topological polar surface area (TPSA) is 61.7 Å². The third-order valence-corrected chi connectivity index (χ3v) is 2.57. The molecule has 0 aliphatic rings. The molecule has 1 atom stereocenters. The van der Waals surface area contributed by atoms with Gasteiger partial charge in [0.15, 0.2) is 0 Å². The predicted octanol–water partition coefficient (Wildman–Crippen LogP) is 1.12. The number of hydrogen-bond donors (Lipinski definition) is 1. The van der Waals surface area contributed by atoms with E-state index in [1.807, 2.05) is 20.2 Å². The number of nitrogen functional groups attached to an aromatic ring is 1. The van der Waals surface area contributed by atoms with Crippen molar-refractivity contribution < 1.29 is 0 Å². The highest BCUT2D eigenvalue weighted by molar-refractivity contribution is 5.30. The van der Waals surface area contributed by atoms with Gasteiger partial charge >= 0.3 is 0 Å². The second-order valence-electron chi connectivity index (χ2n) is 3.72. The van der Waals surface area contributed by atoms with Gasteiger partial charge in [-0.25, -0.2) is 4.68 Å². The summed E-state index contributed by atoms with van der Waals surface area (Å²) in [5, 5.41) is 8.50. The molecule has 2 heterocycles. The monoisotopic (exact) mass is 205 g/mol. The van der Waals surface area contributed by atoms with Crippen LogP contribution in [-0.2, 0) is 7.05 Å². The third kappa shape index (κ3) is 1.60. The fourth-order valence-corrected chi connectivity index (χ4v) is 1.81. The van der Waals surface area contributed by atoms with Crippen LogP contribution in [0.25, 0.3) is 0 Å². The zero-order chi connectivity index (χ0) is 11.0. The van der Waals surface area contributed by atoms with Gasteiger partial charge in [-0.1, -0.05) is 0 Å². The lowest BCUT2D eigenvalue weighted by molar-refractivity contribution is 0.570. The minimum atomic E-state index is 0.119. The molecule has 0 aromatic carbocycles. The number of anilines is 1. The van der Waals surface area contributed by atoms with Crippen LogP contribution in [0.15, 0.2) is 18.5 Å². The fourth-order valence-electron chi connectivity index (χ4n) is 1.81. The molecule has 2 aromatic rings. The first-order chi connectivity index (χ1) is 7.09. The average Bonchev–Trinajstić information content (AvgIpc) is 2.71. The number of nitrogens with zero attached hydrogens (tertiary/aromatic N) is 4. The van der Waals surface area contributed by atoms with Gasteiger partial charge < -0.3 is 5.73 Å². The lowest BCUT2D eigenvalue weighted by atomic mass is 10.1. The van der Waals surface area contributed by atoms with E-state index in [4.69, 9.17) is 5.73 Å². The Balaban J connectivity index is 2.40. The summed E-state index contributed by atoms with van der Waals surface area (Å²) in [6.07, 6.45) is 3.71. The van der Waals surface area contributed by atoms with E-state index in [1.165, 1.54) is 0 Å². The van der Waals surface area contributed by atoms with Crippen LogP contribution in [0.1, 0.15) is 24.2 Å². The van der Waals surface area contributed by atoms with Crippen LogP contribution < -0.4 is 5.73 Å². The molecular weight excluding hydrogens is 190 g/mol. The van der Waals surface area contributed by atoms with Crippen molar-refractivity contribution >= 4 is 5.82 Å². The Morgan fingerprint density at radius 1 is 1.47 bits per heavy atom. The summed E-state index contributed by atoms with van der Waals surface area (Å²) in [5.74, 6) is 0.672. The van der Waals surface area contributed by atoms with Gasteiger partial charge in [0.2, 0.25) is 0 Å². The van der Waals surface area contributed by atoms with Crippen molar-refractivity contribution in [3.63, 3.8) is 0 Å². The zero-order valence-corrected chi connectivity index (χ0v) is 9.18. The van der Waals surface area contributed by atoms with E-state index < -0.39 is 0 Å². The summed E-state index contributed by atoms with van der Waals surface area (Å²) in [4.78, 5) is 0. The van der Waals surface area contributed by atoms with Crippen molar-refractivity contribution in [2.24, 2.45) is 7.05 Å². The van der Waals surface area contributed by atoms with Gasteiger partial charge in [0.1, 0.15) is 5.82 Å². The van der Waals surface area contributed by atoms with E-state index in [-0.39, 0.29) is 6.04 Å². The Hall–Kier alpha value is -1.78. The summed E-state index contributed by atoms with van der Waals surface area (Å²) < 4.78 is 3.60. The van der Waals surface area contributed by atoms with Crippen molar-refractivity contribution in [3.05, 3.63) is 29.7 Å². The number of nitrogens with two attached hydrogens (primary N) is 1. The van der Waals surface area contributed by atoms with Gasteiger partial charge in [0.25, 0.3) is 0 Å². The van der Waals surface area contributed by atoms with Gasteiger partial charge in [-0.3, -0.25) is 4.68 Å². The molecule has 0 aliphatic carbocycles. The first kappa shape index (κ1) is 9.76. The quantitative estimate of drug-likeness (QED) is 0.799. The normalized spacial score (nSPS) is 13.0. The summed E-state index contributed by atoms with van der Waals surface area (Å²) in [6.45, 7) is 4.05. The second-order valence-corrected chi connectivity index (χ2v) is 3.72. The highest BCUT2D eigenvalue weighted by Gasteiger charge is 2.15. The van der Waals surface area contributed by atoms with Gasteiger partial charge in [0.05, 0.1) is 17.9 Å². The summed E-state index contributed by atoms with van der Waals surface area (Å²) in [6, 6.07) is 1.91. The van der Waals surface area contributed by atoms with Crippen LogP contribution in [0.5, 0.6) is 0 Å². The van der Waals surface area contributed by atoms with E-state index in [2.05, 4.69) is 17.1 Å². The fraction of sp³-hybridized carbons (Fsp3) is 0.400. The molecule has 80 valence electrons. The summed E-state index contributed by atoms with van der Waals surface area (Å²) in [7, 11) is 1.91. The standard InChI is InChI=1S/C10H15N5/c1-7-9(6-14(3)13-7)8(2)15-10(11)4-5-12-15/h4-6,8H,11H2,1-3H3. The Kier molecular flexibility index (Phi) is 2.22. The Labute approximate surface area is 88.5 Å². The average molecular weight is 205 g/mol. The Morgan fingerprint density at radius 3 is 2.67 bits per heavy atom. The number of hydrogen-bond acceptors (Lipinski definition) is 3. The molecule has 0 fully saturated rings. The summed E-state index contributed by atoms with van der Waals surface area (Å²) in [5.41, 5.74) is 7.97. The first-order valence-corrected chi connectivity index (χ1v) is 4.88. The zero-order valence-electron chi connectivity index (χ0n) is 9.18. The van der Waals surface area contributed by atoms with Crippen LogP contribution in [-0.4, -0.2) is 19.6 Å². The van der Waals surface area contributed by atoms with Crippen molar-refractivity contribution in [1.29, 1.82) is 0 Å². The van der Waals surface area contributed by atoms with E-state index in [0.717, 1.165) is 11.3 Å². The van der Waals surface area contributed by atoms with Crippen LogP contribution >= 0.6 is 0 Å². The molecule has 2 N–H and O–H groups in total. The number of aromatic nitrogens is 4. The molecule has 1 unspecified atom stereocenters. The second kappa shape index (κ2) is 3.42. The van der Waals surface area contributed by atoms with Crippen LogP contribution in [0.2, 0.25) is 0 Å². The molecule has 0 saturated carbocycles. The van der Waals surface area contributed by atoms with Gasteiger partial charge in [-0.05, 0) is 19.9 Å². The van der Waals surface area contributed by atoms with Gasteiger partial charge in [-0.2, -0.15) is 10.2 Å². The molecule has 5 heteroatoms. The van der Waals surface area contributed by atoms with Crippen LogP contribution in [0.3, 0.4) is 0 Å². The molecule has 2 aromatic heterocycles. The highest BCUT2D eigenvalue weighted by atomic mass is 15.3. The van der Waals surface area contributed by atoms with Crippen LogP contribution in [0.4, 0.5) is 5.82 Å². The maximum atomic E-state index is 5.81. The highest BCUT2D eigenvalue weighted by Crippen LogP contribution is 2.21. The van der Waals surface area contributed by atoms with Gasteiger partial charge in [-0.15, -0.1) is 0 Å². The minimum absolute atomic E-state index is 0.119. The first-order valence-electron chi connectivity index (χ1n) is 4.88. The van der Waals surface area contributed by atoms with E-state index in [1.54, 1.807) is 21.6 Å².